The SMILES string of the molecule is Cc1ccc(N2CCN3CCNC(=O)C3C2)nn1. The van der Waals surface area contributed by atoms with Crippen molar-refractivity contribution >= 4 is 11.7 Å². The molecule has 0 bridgehead atoms. The number of carbonyl (C=O) groups is 1. The summed E-state index contributed by atoms with van der Waals surface area (Å²) in [4.78, 5) is 16.2. The first-order chi connectivity index (χ1) is 8.74. The van der Waals surface area contributed by atoms with Crippen LogP contribution in [0.15, 0.2) is 12.1 Å². The second-order valence-electron chi connectivity index (χ2n) is 4.82. The molecular weight excluding hydrogens is 230 g/mol. The number of anilines is 1. The summed E-state index contributed by atoms with van der Waals surface area (Å²) in [6.45, 7) is 6.14. The molecule has 0 spiro atoms. The highest BCUT2D eigenvalue weighted by Gasteiger charge is 2.35. The molecule has 6 nitrogen and oxygen atoms in total. The lowest BCUT2D eigenvalue weighted by Crippen LogP contribution is -2.64. The molecular formula is C12H17N5O. The summed E-state index contributed by atoms with van der Waals surface area (Å²) in [5.74, 6) is 0.990. The summed E-state index contributed by atoms with van der Waals surface area (Å²) < 4.78 is 0. The molecule has 3 rings (SSSR count). The number of hydrogen-bond donors (Lipinski definition) is 1. The van der Waals surface area contributed by atoms with Crippen LogP contribution in [0.1, 0.15) is 5.69 Å². The number of hydrogen-bond acceptors (Lipinski definition) is 5. The zero-order valence-corrected chi connectivity index (χ0v) is 10.5. The monoisotopic (exact) mass is 247 g/mol. The lowest BCUT2D eigenvalue weighted by atomic mass is 10.1. The second-order valence-corrected chi connectivity index (χ2v) is 4.82. The standard InChI is InChI=1S/C12H17N5O/c1-9-2-3-11(15-14-9)17-7-6-16-5-4-13-12(18)10(16)8-17/h2-3,10H,4-8H2,1H3,(H,13,18). The molecule has 2 fully saturated rings. The molecule has 0 aliphatic carbocycles. The first-order valence-electron chi connectivity index (χ1n) is 6.31. The normalized spacial score (nSPS) is 24.6. The van der Waals surface area contributed by atoms with Crippen LogP contribution in [-0.4, -0.2) is 59.8 Å². The second kappa shape index (κ2) is 4.53. The fourth-order valence-electron chi connectivity index (χ4n) is 2.55. The third-order valence-corrected chi connectivity index (χ3v) is 3.60. The number of carbonyl (C=O) groups excluding carboxylic acids is 1. The molecule has 0 radical (unpaired) electrons. The maximum Gasteiger partial charge on any atom is 0.239 e. The molecule has 1 N–H and O–H groups in total. The predicted molar refractivity (Wildman–Crippen MR) is 67.4 cm³/mol. The number of fused-ring (bicyclic) bond motifs is 1. The Hall–Kier alpha value is -1.69. The molecule has 1 atom stereocenters. The van der Waals surface area contributed by atoms with E-state index >= 15 is 0 Å². The highest BCUT2D eigenvalue weighted by molar-refractivity contribution is 5.83. The van der Waals surface area contributed by atoms with Crippen LogP contribution in [0.2, 0.25) is 0 Å². The number of rotatable bonds is 1. The van der Waals surface area contributed by atoms with E-state index in [2.05, 4.69) is 25.3 Å². The van der Waals surface area contributed by atoms with Crippen molar-refractivity contribution in [2.24, 2.45) is 0 Å². The smallest absolute Gasteiger partial charge is 0.239 e. The molecule has 0 saturated carbocycles. The van der Waals surface area contributed by atoms with Crippen LogP contribution < -0.4 is 10.2 Å². The van der Waals surface area contributed by atoms with E-state index in [4.69, 9.17) is 0 Å². The minimum Gasteiger partial charge on any atom is -0.353 e. The molecule has 2 aliphatic heterocycles. The van der Waals surface area contributed by atoms with E-state index in [0.29, 0.717) is 6.54 Å². The molecule has 0 aromatic carbocycles. The van der Waals surface area contributed by atoms with E-state index in [1.807, 2.05) is 19.1 Å². The van der Waals surface area contributed by atoms with Gasteiger partial charge in [0.15, 0.2) is 5.82 Å². The zero-order chi connectivity index (χ0) is 12.5. The lowest BCUT2D eigenvalue weighted by molar-refractivity contribution is -0.129. The number of nitrogens with zero attached hydrogens (tertiary/aromatic N) is 4. The van der Waals surface area contributed by atoms with Gasteiger partial charge >= 0.3 is 0 Å². The van der Waals surface area contributed by atoms with Crippen LogP contribution >= 0.6 is 0 Å². The quantitative estimate of drug-likeness (QED) is 0.718. The summed E-state index contributed by atoms with van der Waals surface area (Å²) in [6, 6.07) is 3.88. The van der Waals surface area contributed by atoms with Crippen LogP contribution in [0, 0.1) is 6.92 Å². The number of aromatic nitrogens is 2. The fourth-order valence-corrected chi connectivity index (χ4v) is 2.55. The first kappa shape index (κ1) is 11.4. The maximum atomic E-state index is 11.8. The van der Waals surface area contributed by atoms with Gasteiger partial charge in [0.2, 0.25) is 5.91 Å². The number of amides is 1. The highest BCUT2D eigenvalue weighted by Crippen LogP contribution is 2.17. The Kier molecular flexibility index (Phi) is 2.87. The van der Waals surface area contributed by atoms with Gasteiger partial charge in [0, 0.05) is 32.7 Å². The molecule has 18 heavy (non-hydrogen) atoms. The van der Waals surface area contributed by atoms with Crippen molar-refractivity contribution in [2.75, 3.05) is 37.6 Å². The first-order valence-corrected chi connectivity index (χ1v) is 6.31. The van der Waals surface area contributed by atoms with E-state index in [1.54, 1.807) is 0 Å². The topological polar surface area (TPSA) is 61.4 Å². The van der Waals surface area contributed by atoms with Gasteiger partial charge in [-0.15, -0.1) is 5.10 Å². The van der Waals surface area contributed by atoms with E-state index in [1.165, 1.54) is 0 Å². The van der Waals surface area contributed by atoms with Gasteiger partial charge in [0.25, 0.3) is 0 Å². The minimum absolute atomic E-state index is 0.0457. The van der Waals surface area contributed by atoms with Gasteiger partial charge in [-0.05, 0) is 19.1 Å². The number of piperazine rings is 2. The van der Waals surface area contributed by atoms with Gasteiger partial charge in [0.05, 0.1) is 5.69 Å². The van der Waals surface area contributed by atoms with Crippen molar-refractivity contribution in [1.82, 2.24) is 20.4 Å². The number of nitrogens with one attached hydrogen (secondary N) is 1. The molecule has 1 unspecified atom stereocenters. The van der Waals surface area contributed by atoms with E-state index in [0.717, 1.165) is 37.7 Å². The van der Waals surface area contributed by atoms with Crippen LogP contribution in [0.5, 0.6) is 0 Å². The van der Waals surface area contributed by atoms with Crippen molar-refractivity contribution < 1.29 is 4.79 Å². The summed E-state index contributed by atoms with van der Waals surface area (Å²) in [5, 5.41) is 11.2. The van der Waals surface area contributed by atoms with Gasteiger partial charge in [-0.1, -0.05) is 0 Å². The highest BCUT2D eigenvalue weighted by atomic mass is 16.2. The number of aryl methyl sites for hydroxylation is 1. The lowest BCUT2D eigenvalue weighted by Gasteiger charge is -2.43. The Morgan fingerprint density at radius 2 is 2.17 bits per heavy atom. The Labute approximate surface area is 106 Å². The Morgan fingerprint density at radius 3 is 2.94 bits per heavy atom. The van der Waals surface area contributed by atoms with Gasteiger partial charge in [-0.3, -0.25) is 9.69 Å². The van der Waals surface area contributed by atoms with Gasteiger partial charge < -0.3 is 10.2 Å². The predicted octanol–water partition coefficient (Wildman–Crippen LogP) is -0.595. The summed E-state index contributed by atoms with van der Waals surface area (Å²) in [5.41, 5.74) is 0.910. The molecule has 3 heterocycles. The fraction of sp³-hybridized carbons (Fsp3) is 0.583. The zero-order valence-electron chi connectivity index (χ0n) is 10.5. The average Bonchev–Trinajstić information content (AvgIpc) is 2.40. The minimum atomic E-state index is -0.0457. The summed E-state index contributed by atoms with van der Waals surface area (Å²) in [7, 11) is 0. The molecule has 1 aromatic heterocycles. The van der Waals surface area contributed by atoms with E-state index < -0.39 is 0 Å². The summed E-state index contributed by atoms with van der Waals surface area (Å²) >= 11 is 0. The van der Waals surface area contributed by atoms with E-state index in [9.17, 15) is 4.79 Å². The largest absolute Gasteiger partial charge is 0.353 e. The van der Waals surface area contributed by atoms with Gasteiger partial charge in [-0.25, -0.2) is 0 Å². The van der Waals surface area contributed by atoms with Crippen LogP contribution in [0.3, 0.4) is 0 Å². The molecule has 96 valence electrons. The molecule has 1 amide bonds. The van der Waals surface area contributed by atoms with Crippen molar-refractivity contribution in [3.63, 3.8) is 0 Å². The van der Waals surface area contributed by atoms with Crippen LogP contribution in [0.25, 0.3) is 0 Å². The van der Waals surface area contributed by atoms with Crippen LogP contribution in [0.4, 0.5) is 5.82 Å². The summed E-state index contributed by atoms with van der Waals surface area (Å²) in [6.07, 6.45) is 0. The van der Waals surface area contributed by atoms with Crippen molar-refractivity contribution in [2.45, 2.75) is 13.0 Å². The average molecular weight is 247 g/mol. The molecule has 2 saturated heterocycles. The molecule has 6 heteroatoms. The maximum absolute atomic E-state index is 11.8. The van der Waals surface area contributed by atoms with Gasteiger partial charge in [-0.2, -0.15) is 5.10 Å². The molecule has 1 aromatic rings. The Morgan fingerprint density at radius 1 is 1.28 bits per heavy atom. The van der Waals surface area contributed by atoms with Crippen molar-refractivity contribution in [3.8, 4) is 0 Å². The van der Waals surface area contributed by atoms with Crippen molar-refractivity contribution in [3.05, 3.63) is 17.8 Å². The van der Waals surface area contributed by atoms with Crippen molar-refractivity contribution in [1.29, 1.82) is 0 Å². The molecule has 2 aliphatic rings. The van der Waals surface area contributed by atoms with Crippen LogP contribution in [-0.2, 0) is 4.79 Å². The van der Waals surface area contributed by atoms with Gasteiger partial charge in [0.1, 0.15) is 6.04 Å². The third kappa shape index (κ3) is 2.03. The Bertz CT molecular complexity index is 446. The van der Waals surface area contributed by atoms with E-state index in [-0.39, 0.29) is 11.9 Å². The third-order valence-electron chi connectivity index (χ3n) is 3.60. The Balaban J connectivity index is 1.76.